The first-order chi connectivity index (χ1) is 9.95. The van der Waals surface area contributed by atoms with E-state index in [1.165, 1.54) is 6.20 Å². The third-order valence-corrected chi connectivity index (χ3v) is 3.61. The van der Waals surface area contributed by atoms with Gasteiger partial charge in [-0.1, -0.05) is 6.92 Å². The van der Waals surface area contributed by atoms with Gasteiger partial charge in [0.2, 0.25) is 0 Å². The van der Waals surface area contributed by atoms with Crippen LogP contribution >= 0.6 is 0 Å². The van der Waals surface area contributed by atoms with Gasteiger partial charge in [0, 0.05) is 13.1 Å². The highest BCUT2D eigenvalue weighted by Gasteiger charge is 2.27. The van der Waals surface area contributed by atoms with Gasteiger partial charge in [-0.25, -0.2) is 4.79 Å². The maximum atomic E-state index is 12.1. The van der Waals surface area contributed by atoms with Gasteiger partial charge in [-0.3, -0.25) is 9.78 Å². The molecule has 0 aromatic carbocycles. The molecule has 3 N–H and O–H groups in total. The first-order valence-corrected chi connectivity index (χ1v) is 6.86. The fraction of sp³-hybridized carbons (Fsp3) is 0.500. The van der Waals surface area contributed by atoms with Gasteiger partial charge in [0.05, 0.1) is 30.1 Å². The van der Waals surface area contributed by atoms with E-state index in [1.807, 2.05) is 6.92 Å². The molecule has 1 aromatic rings. The number of aliphatic carboxylic acids is 1. The number of rotatable bonds is 3. The molecule has 2 heterocycles. The van der Waals surface area contributed by atoms with Crippen LogP contribution in [0, 0.1) is 5.92 Å². The molecule has 1 aliphatic rings. The zero-order valence-electron chi connectivity index (χ0n) is 11.8. The Morgan fingerprint density at radius 1 is 1.48 bits per heavy atom. The summed E-state index contributed by atoms with van der Waals surface area (Å²) in [5, 5.41) is 21.1. The molecule has 1 aromatic heterocycles. The van der Waals surface area contributed by atoms with Gasteiger partial charge < -0.3 is 20.4 Å². The standard InChI is InChI=1S/C14H19N3O4/c1-9-4-5-17(8-12(9)18)14(21)16-11-3-2-10(15-7-11)6-13(19)20/h2-3,7,9,12,18H,4-6,8H2,1H3,(H,16,21)(H,19,20). The van der Waals surface area contributed by atoms with Crippen LogP contribution in [0.2, 0.25) is 0 Å². The smallest absolute Gasteiger partial charge is 0.321 e. The van der Waals surface area contributed by atoms with Crippen LogP contribution in [0.15, 0.2) is 18.3 Å². The van der Waals surface area contributed by atoms with E-state index in [0.29, 0.717) is 24.5 Å². The minimum Gasteiger partial charge on any atom is -0.481 e. The number of anilines is 1. The normalized spacial score (nSPS) is 21.9. The number of aliphatic hydroxyl groups is 1. The van der Waals surface area contributed by atoms with Crippen LogP contribution in [-0.2, 0) is 11.2 Å². The zero-order chi connectivity index (χ0) is 15.4. The van der Waals surface area contributed by atoms with Gasteiger partial charge in [0.1, 0.15) is 0 Å². The summed E-state index contributed by atoms with van der Waals surface area (Å²) in [7, 11) is 0. The molecule has 2 rings (SSSR count). The molecule has 0 bridgehead atoms. The second-order valence-electron chi connectivity index (χ2n) is 5.32. The van der Waals surface area contributed by atoms with Crippen molar-refractivity contribution in [1.82, 2.24) is 9.88 Å². The zero-order valence-corrected chi connectivity index (χ0v) is 11.8. The summed E-state index contributed by atoms with van der Waals surface area (Å²) in [4.78, 5) is 28.2. The lowest BCUT2D eigenvalue weighted by Crippen LogP contribution is -2.47. The number of nitrogens with one attached hydrogen (secondary N) is 1. The quantitative estimate of drug-likeness (QED) is 0.769. The molecule has 2 amide bonds. The van der Waals surface area contributed by atoms with E-state index in [-0.39, 0.29) is 18.4 Å². The number of nitrogens with zero attached hydrogens (tertiary/aromatic N) is 2. The number of piperidine rings is 1. The highest BCUT2D eigenvalue weighted by Crippen LogP contribution is 2.18. The highest BCUT2D eigenvalue weighted by molar-refractivity contribution is 5.89. The lowest BCUT2D eigenvalue weighted by atomic mass is 9.96. The highest BCUT2D eigenvalue weighted by atomic mass is 16.4. The summed E-state index contributed by atoms with van der Waals surface area (Å²) in [6.45, 7) is 2.89. The Labute approximate surface area is 122 Å². The maximum Gasteiger partial charge on any atom is 0.321 e. The van der Waals surface area contributed by atoms with Crippen molar-refractivity contribution in [3.8, 4) is 0 Å². The first kappa shape index (κ1) is 15.2. The number of amides is 2. The number of aliphatic hydroxyl groups excluding tert-OH is 1. The van der Waals surface area contributed by atoms with Gasteiger partial charge >= 0.3 is 12.0 Å². The Hall–Kier alpha value is -2.15. The van der Waals surface area contributed by atoms with Crippen molar-refractivity contribution in [2.45, 2.75) is 25.9 Å². The molecular weight excluding hydrogens is 274 g/mol. The Bertz CT molecular complexity index is 517. The summed E-state index contributed by atoms with van der Waals surface area (Å²) in [6.07, 6.45) is 1.55. The summed E-state index contributed by atoms with van der Waals surface area (Å²) >= 11 is 0. The van der Waals surface area contributed by atoms with E-state index in [4.69, 9.17) is 5.11 Å². The van der Waals surface area contributed by atoms with Crippen molar-refractivity contribution in [3.05, 3.63) is 24.0 Å². The monoisotopic (exact) mass is 293 g/mol. The van der Waals surface area contributed by atoms with E-state index in [9.17, 15) is 14.7 Å². The molecule has 1 saturated heterocycles. The molecule has 7 nitrogen and oxygen atoms in total. The number of hydrogen-bond donors (Lipinski definition) is 3. The number of aromatic nitrogens is 1. The molecule has 0 aliphatic carbocycles. The predicted octanol–water partition coefficient (Wildman–Crippen LogP) is 0.943. The van der Waals surface area contributed by atoms with Crippen LogP contribution < -0.4 is 5.32 Å². The van der Waals surface area contributed by atoms with E-state index in [0.717, 1.165) is 6.42 Å². The Balaban J connectivity index is 1.92. The van der Waals surface area contributed by atoms with Crippen molar-refractivity contribution in [1.29, 1.82) is 0 Å². The van der Waals surface area contributed by atoms with E-state index >= 15 is 0 Å². The summed E-state index contributed by atoms with van der Waals surface area (Å²) in [5.74, 6) is -0.748. The number of carboxylic acids is 1. The third-order valence-electron chi connectivity index (χ3n) is 3.61. The van der Waals surface area contributed by atoms with Crippen molar-refractivity contribution >= 4 is 17.7 Å². The summed E-state index contributed by atoms with van der Waals surface area (Å²) in [5.41, 5.74) is 0.935. The van der Waals surface area contributed by atoms with Crippen molar-refractivity contribution in [2.24, 2.45) is 5.92 Å². The van der Waals surface area contributed by atoms with Crippen molar-refractivity contribution in [3.63, 3.8) is 0 Å². The molecule has 21 heavy (non-hydrogen) atoms. The van der Waals surface area contributed by atoms with Crippen LogP contribution in [0.3, 0.4) is 0 Å². The van der Waals surface area contributed by atoms with Gasteiger partial charge in [-0.05, 0) is 24.5 Å². The van der Waals surface area contributed by atoms with E-state index < -0.39 is 12.1 Å². The Morgan fingerprint density at radius 3 is 2.81 bits per heavy atom. The second-order valence-corrected chi connectivity index (χ2v) is 5.32. The Morgan fingerprint density at radius 2 is 2.24 bits per heavy atom. The number of carbonyl (C=O) groups excluding carboxylic acids is 1. The van der Waals surface area contributed by atoms with Gasteiger partial charge in [-0.15, -0.1) is 0 Å². The van der Waals surface area contributed by atoms with Gasteiger partial charge in [0.25, 0.3) is 0 Å². The molecule has 1 aliphatic heterocycles. The Kier molecular flexibility index (Phi) is 4.74. The van der Waals surface area contributed by atoms with Crippen LogP contribution in [0.1, 0.15) is 19.0 Å². The molecule has 2 unspecified atom stereocenters. The second kappa shape index (κ2) is 6.53. The minimum atomic E-state index is -0.948. The van der Waals surface area contributed by atoms with E-state index in [1.54, 1.807) is 17.0 Å². The van der Waals surface area contributed by atoms with Gasteiger partial charge in [-0.2, -0.15) is 0 Å². The van der Waals surface area contributed by atoms with Crippen molar-refractivity contribution < 1.29 is 19.8 Å². The molecular formula is C14H19N3O4. The lowest BCUT2D eigenvalue weighted by Gasteiger charge is -2.34. The van der Waals surface area contributed by atoms with Crippen LogP contribution in [0.5, 0.6) is 0 Å². The van der Waals surface area contributed by atoms with Crippen LogP contribution in [-0.4, -0.2) is 51.3 Å². The molecule has 114 valence electrons. The fourth-order valence-corrected chi connectivity index (χ4v) is 2.19. The molecule has 2 atom stereocenters. The number of hydrogen-bond acceptors (Lipinski definition) is 4. The number of β-amino-alcohol motifs (C(OH)–C–C–N with tert-alkyl or cyclic N) is 1. The molecule has 1 fully saturated rings. The molecule has 0 saturated carbocycles. The number of urea groups is 1. The number of carboxylic acid groups (broad SMARTS) is 1. The molecule has 7 heteroatoms. The van der Waals surface area contributed by atoms with Crippen molar-refractivity contribution in [2.75, 3.05) is 18.4 Å². The number of carbonyl (C=O) groups is 2. The third kappa shape index (κ3) is 4.16. The first-order valence-electron chi connectivity index (χ1n) is 6.86. The minimum absolute atomic E-state index is 0.148. The molecule has 0 spiro atoms. The maximum absolute atomic E-state index is 12.1. The fourth-order valence-electron chi connectivity index (χ4n) is 2.19. The SMILES string of the molecule is CC1CCN(C(=O)Nc2ccc(CC(=O)O)nc2)CC1O. The largest absolute Gasteiger partial charge is 0.481 e. The van der Waals surface area contributed by atoms with E-state index in [2.05, 4.69) is 10.3 Å². The average molecular weight is 293 g/mol. The number of pyridine rings is 1. The van der Waals surface area contributed by atoms with Crippen LogP contribution in [0.25, 0.3) is 0 Å². The lowest BCUT2D eigenvalue weighted by molar-refractivity contribution is -0.136. The van der Waals surface area contributed by atoms with Crippen LogP contribution in [0.4, 0.5) is 10.5 Å². The molecule has 0 radical (unpaired) electrons. The summed E-state index contributed by atoms with van der Waals surface area (Å²) in [6, 6.07) is 2.90. The number of likely N-dealkylation sites (tertiary alicyclic amines) is 1. The van der Waals surface area contributed by atoms with Gasteiger partial charge in [0.15, 0.2) is 0 Å². The average Bonchev–Trinajstić information content (AvgIpc) is 2.43. The topological polar surface area (TPSA) is 103 Å². The predicted molar refractivity (Wildman–Crippen MR) is 76.0 cm³/mol. The summed E-state index contributed by atoms with van der Waals surface area (Å²) < 4.78 is 0.